The summed E-state index contributed by atoms with van der Waals surface area (Å²) in [6, 6.07) is 7.32. The normalized spacial score (nSPS) is 24.6. The van der Waals surface area contributed by atoms with E-state index in [9.17, 15) is 14.0 Å². The quantitative estimate of drug-likeness (QED) is 0.885. The van der Waals surface area contributed by atoms with E-state index in [0.29, 0.717) is 30.2 Å². The molecular formula is C21H23FN4O2. The third kappa shape index (κ3) is 3.48. The van der Waals surface area contributed by atoms with E-state index in [1.54, 1.807) is 30.2 Å². The second kappa shape index (κ2) is 7.30. The topological polar surface area (TPSA) is 75.2 Å². The van der Waals surface area contributed by atoms with Crippen molar-refractivity contribution in [3.05, 3.63) is 53.7 Å². The molecule has 2 aliphatic rings. The number of anilines is 1. The molecule has 2 atom stereocenters. The number of aromatic nitrogens is 2. The number of carbonyl (C=O) groups is 2. The van der Waals surface area contributed by atoms with Gasteiger partial charge in [-0.3, -0.25) is 14.5 Å². The summed E-state index contributed by atoms with van der Waals surface area (Å²) in [7, 11) is 0. The van der Waals surface area contributed by atoms with Gasteiger partial charge < -0.3 is 5.32 Å². The summed E-state index contributed by atoms with van der Waals surface area (Å²) in [6.07, 6.45) is 5.53. The highest BCUT2D eigenvalue weighted by Crippen LogP contribution is 2.45. The molecule has 2 fully saturated rings. The Labute approximate surface area is 163 Å². The molecule has 2 aromatic rings. The van der Waals surface area contributed by atoms with Crippen LogP contribution >= 0.6 is 0 Å². The van der Waals surface area contributed by atoms with Gasteiger partial charge in [0, 0.05) is 24.3 Å². The first kappa shape index (κ1) is 18.5. The molecule has 1 aliphatic heterocycles. The number of halogens is 1. The van der Waals surface area contributed by atoms with Crippen molar-refractivity contribution in [1.29, 1.82) is 0 Å². The highest BCUT2D eigenvalue weighted by Gasteiger charge is 2.50. The minimum atomic E-state index is -0.461. The standard InChI is InChI=1S/C21H23FN4O2/c1-14-23-10-7-18(24-14)26-11-9-21(20(26)28)8-3-6-17(13-21)25-19(27)15-4-2-5-16(22)12-15/h2,4-5,7,10,12,17H,3,6,8-9,11,13H2,1H3,(H,25,27)/t17-,21-/m1/s1. The monoisotopic (exact) mass is 382 g/mol. The van der Waals surface area contributed by atoms with Gasteiger partial charge in [-0.15, -0.1) is 0 Å². The minimum absolute atomic E-state index is 0.0790. The highest BCUT2D eigenvalue weighted by molar-refractivity contribution is 5.99. The third-order valence-electron chi connectivity index (χ3n) is 5.82. The molecule has 2 heterocycles. The van der Waals surface area contributed by atoms with Gasteiger partial charge in [-0.25, -0.2) is 14.4 Å². The first-order valence-electron chi connectivity index (χ1n) is 9.65. The van der Waals surface area contributed by atoms with Crippen LogP contribution in [0.5, 0.6) is 0 Å². The number of aryl methyl sites for hydroxylation is 1. The van der Waals surface area contributed by atoms with Crippen LogP contribution in [-0.2, 0) is 4.79 Å². The van der Waals surface area contributed by atoms with Crippen molar-refractivity contribution in [2.75, 3.05) is 11.4 Å². The molecule has 2 amide bonds. The Morgan fingerprint density at radius 1 is 1.32 bits per heavy atom. The second-order valence-corrected chi connectivity index (χ2v) is 7.73. The van der Waals surface area contributed by atoms with E-state index in [4.69, 9.17) is 0 Å². The second-order valence-electron chi connectivity index (χ2n) is 7.73. The summed E-state index contributed by atoms with van der Waals surface area (Å²) in [5, 5.41) is 3.00. The molecule has 0 bridgehead atoms. The Morgan fingerprint density at radius 3 is 2.96 bits per heavy atom. The fourth-order valence-corrected chi connectivity index (χ4v) is 4.44. The van der Waals surface area contributed by atoms with E-state index in [1.807, 2.05) is 0 Å². The van der Waals surface area contributed by atoms with Gasteiger partial charge in [-0.2, -0.15) is 0 Å². The fourth-order valence-electron chi connectivity index (χ4n) is 4.44. The van der Waals surface area contributed by atoms with Crippen LogP contribution in [0.4, 0.5) is 10.2 Å². The van der Waals surface area contributed by atoms with Crippen molar-refractivity contribution in [2.45, 2.75) is 45.1 Å². The Kier molecular flexibility index (Phi) is 4.83. The number of hydrogen-bond donors (Lipinski definition) is 1. The smallest absolute Gasteiger partial charge is 0.251 e. The number of amides is 2. The summed E-state index contributed by atoms with van der Waals surface area (Å²) in [5.41, 5.74) is -0.160. The van der Waals surface area contributed by atoms with Gasteiger partial charge in [0.1, 0.15) is 17.5 Å². The predicted molar refractivity (Wildman–Crippen MR) is 102 cm³/mol. The molecule has 0 radical (unpaired) electrons. The third-order valence-corrected chi connectivity index (χ3v) is 5.82. The molecule has 1 saturated heterocycles. The van der Waals surface area contributed by atoms with Crippen LogP contribution in [0.15, 0.2) is 36.5 Å². The number of nitrogens with one attached hydrogen (secondary N) is 1. The molecule has 1 aromatic carbocycles. The van der Waals surface area contributed by atoms with Gasteiger partial charge in [-0.1, -0.05) is 12.5 Å². The van der Waals surface area contributed by atoms with Crippen molar-refractivity contribution in [3.8, 4) is 0 Å². The summed E-state index contributed by atoms with van der Waals surface area (Å²) >= 11 is 0. The van der Waals surface area contributed by atoms with Crippen LogP contribution in [0.2, 0.25) is 0 Å². The molecule has 0 unspecified atom stereocenters. The van der Waals surface area contributed by atoms with Crippen molar-refractivity contribution in [1.82, 2.24) is 15.3 Å². The van der Waals surface area contributed by atoms with E-state index < -0.39 is 11.2 Å². The molecule has 1 spiro atoms. The van der Waals surface area contributed by atoms with Gasteiger partial charge >= 0.3 is 0 Å². The SMILES string of the molecule is Cc1nccc(N2CC[C@@]3(CCC[C@@H](NC(=O)c4cccc(F)c4)C3)C2=O)n1. The zero-order chi connectivity index (χ0) is 19.7. The summed E-state index contributed by atoms with van der Waals surface area (Å²) in [6.45, 7) is 2.43. The molecule has 1 aromatic heterocycles. The molecule has 1 aliphatic carbocycles. The fraction of sp³-hybridized carbons (Fsp3) is 0.429. The van der Waals surface area contributed by atoms with Crippen LogP contribution in [0.3, 0.4) is 0 Å². The molecule has 6 nitrogen and oxygen atoms in total. The predicted octanol–water partition coefficient (Wildman–Crippen LogP) is 3.02. The maximum atomic E-state index is 13.4. The summed E-state index contributed by atoms with van der Waals surface area (Å²) in [4.78, 5) is 36.0. The molecule has 146 valence electrons. The van der Waals surface area contributed by atoms with Crippen molar-refractivity contribution < 1.29 is 14.0 Å². The summed E-state index contributed by atoms with van der Waals surface area (Å²) in [5.74, 6) is 0.621. The molecule has 7 heteroatoms. The zero-order valence-corrected chi connectivity index (χ0v) is 15.8. The van der Waals surface area contributed by atoms with E-state index in [-0.39, 0.29) is 17.9 Å². The lowest BCUT2D eigenvalue weighted by Gasteiger charge is -2.36. The van der Waals surface area contributed by atoms with Gasteiger partial charge in [0.25, 0.3) is 5.91 Å². The Balaban J connectivity index is 1.47. The Morgan fingerprint density at radius 2 is 2.18 bits per heavy atom. The van der Waals surface area contributed by atoms with Crippen molar-refractivity contribution >= 4 is 17.6 Å². The number of rotatable bonds is 3. The van der Waals surface area contributed by atoms with E-state index in [1.165, 1.54) is 18.2 Å². The van der Waals surface area contributed by atoms with Crippen LogP contribution in [-0.4, -0.2) is 34.4 Å². The number of carbonyl (C=O) groups excluding carboxylic acids is 2. The van der Waals surface area contributed by atoms with Crippen LogP contribution < -0.4 is 10.2 Å². The highest BCUT2D eigenvalue weighted by atomic mass is 19.1. The molecule has 28 heavy (non-hydrogen) atoms. The van der Waals surface area contributed by atoms with E-state index in [2.05, 4.69) is 15.3 Å². The number of hydrogen-bond acceptors (Lipinski definition) is 4. The van der Waals surface area contributed by atoms with Gasteiger partial charge in [0.2, 0.25) is 5.91 Å². The van der Waals surface area contributed by atoms with Crippen LogP contribution in [0.1, 0.15) is 48.3 Å². The average molecular weight is 382 g/mol. The number of benzene rings is 1. The van der Waals surface area contributed by atoms with E-state index in [0.717, 1.165) is 25.7 Å². The number of nitrogens with zero attached hydrogens (tertiary/aromatic N) is 3. The van der Waals surface area contributed by atoms with Crippen LogP contribution in [0, 0.1) is 18.2 Å². The summed E-state index contributed by atoms with van der Waals surface area (Å²) < 4.78 is 13.4. The lowest BCUT2D eigenvalue weighted by molar-refractivity contribution is -0.127. The lowest BCUT2D eigenvalue weighted by Crippen LogP contribution is -2.46. The van der Waals surface area contributed by atoms with Crippen molar-refractivity contribution in [2.24, 2.45) is 5.41 Å². The van der Waals surface area contributed by atoms with Gasteiger partial charge in [0.05, 0.1) is 5.41 Å². The first-order chi connectivity index (χ1) is 13.5. The lowest BCUT2D eigenvalue weighted by atomic mass is 9.71. The maximum absolute atomic E-state index is 13.4. The first-order valence-corrected chi connectivity index (χ1v) is 9.65. The molecule has 1 N–H and O–H groups in total. The van der Waals surface area contributed by atoms with E-state index >= 15 is 0 Å². The molecular weight excluding hydrogens is 359 g/mol. The Hall–Kier alpha value is -2.83. The van der Waals surface area contributed by atoms with Gasteiger partial charge in [-0.05, 0) is 56.9 Å². The Bertz CT molecular complexity index is 919. The van der Waals surface area contributed by atoms with Gasteiger partial charge in [0.15, 0.2) is 0 Å². The average Bonchev–Trinajstić information content (AvgIpc) is 2.97. The minimum Gasteiger partial charge on any atom is -0.349 e. The molecule has 1 saturated carbocycles. The zero-order valence-electron chi connectivity index (χ0n) is 15.8. The molecule has 4 rings (SSSR count). The van der Waals surface area contributed by atoms with Crippen molar-refractivity contribution in [3.63, 3.8) is 0 Å². The van der Waals surface area contributed by atoms with Crippen LogP contribution in [0.25, 0.3) is 0 Å². The maximum Gasteiger partial charge on any atom is 0.251 e. The largest absolute Gasteiger partial charge is 0.349 e.